The Bertz CT molecular complexity index is 300. The standard InChI is InChI=1S/C12H20N2O3/c1-2-10-12(16)14(7-11(15)13-10)5-3-9-4-6-17-8-9/h9-10H,2-8H2,1H3,(H,13,15). The molecular weight excluding hydrogens is 220 g/mol. The second-order valence-electron chi connectivity index (χ2n) is 4.81. The summed E-state index contributed by atoms with van der Waals surface area (Å²) >= 11 is 0. The minimum Gasteiger partial charge on any atom is -0.381 e. The maximum Gasteiger partial charge on any atom is 0.245 e. The highest BCUT2D eigenvalue weighted by atomic mass is 16.5. The number of hydrogen-bond donors (Lipinski definition) is 1. The van der Waals surface area contributed by atoms with Crippen molar-refractivity contribution in [3.05, 3.63) is 0 Å². The molecule has 0 aromatic carbocycles. The van der Waals surface area contributed by atoms with Crippen molar-refractivity contribution >= 4 is 11.8 Å². The molecule has 0 aliphatic carbocycles. The molecule has 2 rings (SSSR count). The highest BCUT2D eigenvalue weighted by Gasteiger charge is 2.31. The first-order chi connectivity index (χ1) is 8.20. The molecule has 2 aliphatic rings. The van der Waals surface area contributed by atoms with Crippen LogP contribution in [0.3, 0.4) is 0 Å². The number of hydrogen-bond acceptors (Lipinski definition) is 3. The first kappa shape index (κ1) is 12.4. The van der Waals surface area contributed by atoms with Gasteiger partial charge in [-0.3, -0.25) is 9.59 Å². The molecule has 0 aromatic heterocycles. The fraction of sp³-hybridized carbons (Fsp3) is 0.833. The zero-order chi connectivity index (χ0) is 12.3. The topological polar surface area (TPSA) is 58.6 Å². The van der Waals surface area contributed by atoms with Crippen molar-refractivity contribution in [3.8, 4) is 0 Å². The van der Waals surface area contributed by atoms with Crippen LogP contribution in [0.5, 0.6) is 0 Å². The van der Waals surface area contributed by atoms with Crippen LogP contribution in [0.25, 0.3) is 0 Å². The average molecular weight is 240 g/mol. The third-order valence-corrected chi connectivity index (χ3v) is 3.52. The van der Waals surface area contributed by atoms with E-state index < -0.39 is 0 Å². The SMILES string of the molecule is CCC1NC(=O)CN(CCC2CCOC2)C1=O. The Hall–Kier alpha value is -1.10. The fourth-order valence-electron chi connectivity index (χ4n) is 2.39. The van der Waals surface area contributed by atoms with E-state index in [-0.39, 0.29) is 24.4 Å². The smallest absolute Gasteiger partial charge is 0.245 e. The highest BCUT2D eigenvalue weighted by molar-refractivity contribution is 5.94. The van der Waals surface area contributed by atoms with E-state index in [1.54, 1.807) is 4.90 Å². The molecule has 2 atom stereocenters. The number of rotatable bonds is 4. The molecule has 2 fully saturated rings. The Kier molecular flexibility index (Phi) is 3.99. The van der Waals surface area contributed by atoms with E-state index in [0.29, 0.717) is 18.9 Å². The summed E-state index contributed by atoms with van der Waals surface area (Å²) in [4.78, 5) is 25.1. The van der Waals surface area contributed by atoms with Crippen molar-refractivity contribution in [1.82, 2.24) is 10.2 Å². The van der Waals surface area contributed by atoms with Gasteiger partial charge < -0.3 is 15.0 Å². The summed E-state index contributed by atoms with van der Waals surface area (Å²) in [5.41, 5.74) is 0. The van der Waals surface area contributed by atoms with E-state index >= 15 is 0 Å². The van der Waals surface area contributed by atoms with Crippen LogP contribution in [0.1, 0.15) is 26.2 Å². The van der Waals surface area contributed by atoms with Crippen molar-refractivity contribution in [1.29, 1.82) is 0 Å². The van der Waals surface area contributed by atoms with E-state index in [0.717, 1.165) is 26.1 Å². The molecule has 0 bridgehead atoms. The summed E-state index contributed by atoms with van der Waals surface area (Å²) in [6.07, 6.45) is 2.68. The van der Waals surface area contributed by atoms with Crippen molar-refractivity contribution in [2.24, 2.45) is 5.92 Å². The van der Waals surface area contributed by atoms with Crippen LogP contribution in [-0.4, -0.2) is 49.1 Å². The van der Waals surface area contributed by atoms with Crippen molar-refractivity contribution in [2.75, 3.05) is 26.3 Å². The molecule has 1 N–H and O–H groups in total. The van der Waals surface area contributed by atoms with Gasteiger partial charge in [0.25, 0.3) is 0 Å². The van der Waals surface area contributed by atoms with Gasteiger partial charge in [-0.2, -0.15) is 0 Å². The van der Waals surface area contributed by atoms with Crippen LogP contribution in [-0.2, 0) is 14.3 Å². The summed E-state index contributed by atoms with van der Waals surface area (Å²) in [7, 11) is 0. The second-order valence-corrected chi connectivity index (χ2v) is 4.81. The molecular formula is C12H20N2O3. The zero-order valence-electron chi connectivity index (χ0n) is 10.3. The lowest BCUT2D eigenvalue weighted by molar-refractivity contribution is -0.144. The first-order valence-electron chi connectivity index (χ1n) is 6.36. The molecule has 2 amide bonds. The summed E-state index contributed by atoms with van der Waals surface area (Å²) in [5, 5.41) is 2.72. The van der Waals surface area contributed by atoms with Gasteiger partial charge in [-0.25, -0.2) is 0 Å². The van der Waals surface area contributed by atoms with Gasteiger partial charge in [-0.1, -0.05) is 6.92 Å². The molecule has 0 aromatic rings. The van der Waals surface area contributed by atoms with Crippen LogP contribution < -0.4 is 5.32 Å². The van der Waals surface area contributed by atoms with Crippen molar-refractivity contribution in [2.45, 2.75) is 32.2 Å². The third kappa shape index (κ3) is 2.97. The summed E-state index contributed by atoms with van der Waals surface area (Å²) in [6, 6.07) is -0.323. The molecule has 2 unspecified atom stereocenters. The molecule has 2 heterocycles. The Morgan fingerprint density at radius 1 is 1.47 bits per heavy atom. The number of amides is 2. The van der Waals surface area contributed by atoms with E-state index in [2.05, 4.69) is 5.32 Å². The number of carbonyl (C=O) groups is 2. The van der Waals surface area contributed by atoms with Crippen LogP contribution in [0, 0.1) is 5.92 Å². The van der Waals surface area contributed by atoms with Gasteiger partial charge in [-0.15, -0.1) is 0 Å². The molecule has 5 heteroatoms. The predicted octanol–water partition coefficient (Wildman–Crippen LogP) is 0.150. The zero-order valence-corrected chi connectivity index (χ0v) is 10.3. The Morgan fingerprint density at radius 3 is 2.94 bits per heavy atom. The summed E-state index contributed by atoms with van der Waals surface area (Å²) < 4.78 is 5.30. The van der Waals surface area contributed by atoms with E-state index in [4.69, 9.17) is 4.74 Å². The largest absolute Gasteiger partial charge is 0.381 e. The lowest BCUT2D eigenvalue weighted by Gasteiger charge is -2.32. The second kappa shape index (κ2) is 5.49. The quantitative estimate of drug-likeness (QED) is 0.761. The number of nitrogens with zero attached hydrogens (tertiary/aromatic N) is 1. The number of nitrogens with one attached hydrogen (secondary N) is 1. The molecule has 2 aliphatic heterocycles. The lowest BCUT2D eigenvalue weighted by Crippen LogP contribution is -2.57. The minimum atomic E-state index is -0.323. The molecule has 96 valence electrons. The van der Waals surface area contributed by atoms with E-state index in [1.165, 1.54) is 0 Å². The lowest BCUT2D eigenvalue weighted by atomic mass is 10.0. The van der Waals surface area contributed by atoms with Gasteiger partial charge >= 0.3 is 0 Å². The van der Waals surface area contributed by atoms with E-state index in [9.17, 15) is 9.59 Å². The van der Waals surface area contributed by atoms with Crippen molar-refractivity contribution in [3.63, 3.8) is 0 Å². The van der Waals surface area contributed by atoms with Crippen LogP contribution in [0.4, 0.5) is 0 Å². The maximum atomic E-state index is 12.0. The third-order valence-electron chi connectivity index (χ3n) is 3.52. The molecule has 0 saturated carbocycles. The van der Waals surface area contributed by atoms with Crippen molar-refractivity contribution < 1.29 is 14.3 Å². The Labute approximate surface area is 101 Å². The Morgan fingerprint density at radius 2 is 2.29 bits per heavy atom. The molecule has 2 saturated heterocycles. The van der Waals surface area contributed by atoms with Gasteiger partial charge in [0.2, 0.25) is 11.8 Å². The fourth-order valence-corrected chi connectivity index (χ4v) is 2.39. The maximum absolute atomic E-state index is 12.0. The molecule has 5 nitrogen and oxygen atoms in total. The predicted molar refractivity (Wildman–Crippen MR) is 62.3 cm³/mol. The molecule has 0 radical (unpaired) electrons. The average Bonchev–Trinajstić information content (AvgIpc) is 2.82. The van der Waals surface area contributed by atoms with Crippen LogP contribution >= 0.6 is 0 Å². The van der Waals surface area contributed by atoms with Gasteiger partial charge in [-0.05, 0) is 25.2 Å². The monoisotopic (exact) mass is 240 g/mol. The molecule has 0 spiro atoms. The van der Waals surface area contributed by atoms with Crippen LogP contribution in [0.2, 0.25) is 0 Å². The summed E-state index contributed by atoms with van der Waals surface area (Å²) in [6.45, 7) is 4.43. The van der Waals surface area contributed by atoms with Gasteiger partial charge in [0.1, 0.15) is 6.04 Å². The molecule has 17 heavy (non-hydrogen) atoms. The highest BCUT2D eigenvalue weighted by Crippen LogP contribution is 2.17. The number of ether oxygens (including phenoxy) is 1. The van der Waals surface area contributed by atoms with Gasteiger partial charge in [0, 0.05) is 19.8 Å². The van der Waals surface area contributed by atoms with Gasteiger partial charge in [0.15, 0.2) is 0 Å². The van der Waals surface area contributed by atoms with E-state index in [1.807, 2.05) is 6.92 Å². The Balaban J connectivity index is 1.85. The van der Waals surface area contributed by atoms with Crippen LogP contribution in [0.15, 0.2) is 0 Å². The number of piperazine rings is 1. The summed E-state index contributed by atoms with van der Waals surface area (Å²) in [5.74, 6) is 0.568. The minimum absolute atomic E-state index is 0.0425. The normalized spacial score (nSPS) is 29.6. The van der Waals surface area contributed by atoms with Gasteiger partial charge in [0.05, 0.1) is 6.54 Å². The first-order valence-corrected chi connectivity index (χ1v) is 6.36. The number of carbonyl (C=O) groups excluding carboxylic acids is 2.